The summed E-state index contributed by atoms with van der Waals surface area (Å²) < 4.78 is 1.37. The summed E-state index contributed by atoms with van der Waals surface area (Å²) in [5.41, 5.74) is 0.879. The highest BCUT2D eigenvalue weighted by Gasteiger charge is 2.13. The number of carbonyl (C=O) groups excluding carboxylic acids is 1. The quantitative estimate of drug-likeness (QED) is 0.737. The zero-order valence-corrected chi connectivity index (χ0v) is 15.2. The minimum absolute atomic E-state index is 0.00759. The van der Waals surface area contributed by atoms with Crippen molar-refractivity contribution in [3.63, 3.8) is 0 Å². The van der Waals surface area contributed by atoms with Crippen LogP contribution in [0.4, 0.5) is 0 Å². The van der Waals surface area contributed by atoms with E-state index < -0.39 is 0 Å². The number of amides is 1. The van der Waals surface area contributed by atoms with Crippen LogP contribution >= 0.6 is 11.3 Å². The van der Waals surface area contributed by atoms with Crippen LogP contribution in [0.1, 0.15) is 26.7 Å². The molecule has 0 spiro atoms. The van der Waals surface area contributed by atoms with Gasteiger partial charge in [-0.25, -0.2) is 4.98 Å². The summed E-state index contributed by atoms with van der Waals surface area (Å²) in [6.07, 6.45) is 3.38. The molecule has 6 heteroatoms. The summed E-state index contributed by atoms with van der Waals surface area (Å²) in [5, 5.41) is 3.47. The average molecular weight is 355 g/mol. The molecule has 1 N–H and O–H groups in total. The van der Waals surface area contributed by atoms with E-state index in [1.807, 2.05) is 43.3 Å². The van der Waals surface area contributed by atoms with Gasteiger partial charge in [0.05, 0.1) is 11.7 Å². The van der Waals surface area contributed by atoms with E-state index in [-0.39, 0.29) is 24.1 Å². The first kappa shape index (κ1) is 17.4. The number of thiophene rings is 1. The van der Waals surface area contributed by atoms with Crippen molar-refractivity contribution in [2.45, 2.75) is 39.3 Å². The lowest BCUT2D eigenvalue weighted by molar-refractivity contribution is -0.122. The first-order valence-corrected chi connectivity index (χ1v) is 9.24. The second-order valence-electron chi connectivity index (χ2n) is 6.13. The van der Waals surface area contributed by atoms with Crippen LogP contribution in [-0.2, 0) is 11.3 Å². The third-order valence-corrected chi connectivity index (χ3v) is 5.11. The van der Waals surface area contributed by atoms with Crippen molar-refractivity contribution in [3.05, 3.63) is 53.1 Å². The van der Waals surface area contributed by atoms with Crippen LogP contribution < -0.4 is 10.9 Å². The number of hydrogen-bond donors (Lipinski definition) is 1. The van der Waals surface area contributed by atoms with E-state index in [2.05, 4.69) is 17.2 Å². The molecule has 25 heavy (non-hydrogen) atoms. The third kappa shape index (κ3) is 3.96. The van der Waals surface area contributed by atoms with E-state index in [4.69, 9.17) is 0 Å². The highest BCUT2D eigenvalue weighted by molar-refractivity contribution is 7.21. The van der Waals surface area contributed by atoms with Gasteiger partial charge in [0.2, 0.25) is 5.91 Å². The van der Waals surface area contributed by atoms with Gasteiger partial charge in [0.15, 0.2) is 0 Å². The van der Waals surface area contributed by atoms with Gasteiger partial charge in [-0.3, -0.25) is 14.2 Å². The molecule has 1 amide bonds. The molecule has 0 aliphatic heterocycles. The summed E-state index contributed by atoms with van der Waals surface area (Å²) >= 11 is 1.48. The highest BCUT2D eigenvalue weighted by atomic mass is 32.1. The predicted octanol–water partition coefficient (Wildman–Crippen LogP) is 3.43. The Bertz CT molecular complexity index is 931. The lowest BCUT2D eigenvalue weighted by Crippen LogP contribution is -2.37. The molecule has 1 atom stereocenters. The van der Waals surface area contributed by atoms with E-state index in [0.717, 1.165) is 23.3 Å². The van der Waals surface area contributed by atoms with Gasteiger partial charge >= 0.3 is 0 Å². The molecule has 0 fully saturated rings. The number of nitrogens with one attached hydrogen (secondary N) is 1. The van der Waals surface area contributed by atoms with Crippen molar-refractivity contribution >= 4 is 27.5 Å². The Morgan fingerprint density at radius 2 is 2.08 bits per heavy atom. The van der Waals surface area contributed by atoms with Gasteiger partial charge in [-0.1, -0.05) is 43.7 Å². The SMILES string of the molecule is CCC[C@@H](C)NC(=O)Cn1cnc2sc(-c3ccccc3)cc2c1=O. The van der Waals surface area contributed by atoms with Crippen LogP contribution in [0.15, 0.2) is 47.5 Å². The van der Waals surface area contributed by atoms with Crippen LogP contribution in [0.5, 0.6) is 0 Å². The largest absolute Gasteiger partial charge is 0.352 e. The topological polar surface area (TPSA) is 64.0 Å². The first-order valence-electron chi connectivity index (χ1n) is 8.42. The van der Waals surface area contributed by atoms with Gasteiger partial charge in [-0.05, 0) is 25.0 Å². The van der Waals surface area contributed by atoms with Crippen molar-refractivity contribution in [3.8, 4) is 10.4 Å². The summed E-state index contributed by atoms with van der Waals surface area (Å²) in [7, 11) is 0. The summed E-state index contributed by atoms with van der Waals surface area (Å²) in [4.78, 5) is 30.8. The molecular formula is C19H21N3O2S. The van der Waals surface area contributed by atoms with E-state index in [0.29, 0.717) is 10.2 Å². The van der Waals surface area contributed by atoms with Gasteiger partial charge in [-0.15, -0.1) is 11.3 Å². The fourth-order valence-corrected chi connectivity index (χ4v) is 3.79. The Morgan fingerprint density at radius 3 is 2.80 bits per heavy atom. The molecule has 0 radical (unpaired) electrons. The lowest BCUT2D eigenvalue weighted by atomic mass is 10.2. The van der Waals surface area contributed by atoms with Gasteiger partial charge in [0.25, 0.3) is 5.56 Å². The number of carbonyl (C=O) groups is 1. The molecule has 0 saturated carbocycles. The summed E-state index contributed by atoms with van der Waals surface area (Å²) in [5.74, 6) is -0.164. The van der Waals surface area contributed by atoms with Crippen molar-refractivity contribution < 1.29 is 4.79 Å². The second-order valence-corrected chi connectivity index (χ2v) is 7.16. The van der Waals surface area contributed by atoms with Crippen molar-refractivity contribution in [2.24, 2.45) is 0 Å². The minimum atomic E-state index is -0.179. The van der Waals surface area contributed by atoms with E-state index in [1.54, 1.807) is 0 Å². The molecule has 3 rings (SSSR count). The predicted molar refractivity (Wildman–Crippen MR) is 102 cm³/mol. The number of hydrogen-bond acceptors (Lipinski definition) is 4. The number of benzene rings is 1. The maximum absolute atomic E-state index is 12.7. The molecule has 0 aliphatic rings. The number of aromatic nitrogens is 2. The normalized spacial score (nSPS) is 12.2. The molecule has 5 nitrogen and oxygen atoms in total. The van der Waals surface area contributed by atoms with Crippen LogP contribution in [0.2, 0.25) is 0 Å². The van der Waals surface area contributed by atoms with Crippen LogP contribution in [0.3, 0.4) is 0 Å². The Morgan fingerprint density at radius 1 is 1.32 bits per heavy atom. The van der Waals surface area contributed by atoms with Gasteiger partial charge < -0.3 is 5.32 Å². The Labute approximate surface area is 150 Å². The summed E-state index contributed by atoms with van der Waals surface area (Å²) in [6, 6.07) is 11.9. The summed E-state index contributed by atoms with van der Waals surface area (Å²) in [6.45, 7) is 4.04. The van der Waals surface area contributed by atoms with Crippen molar-refractivity contribution in [1.82, 2.24) is 14.9 Å². The molecule has 0 aliphatic carbocycles. The monoisotopic (exact) mass is 355 g/mol. The van der Waals surface area contributed by atoms with Crippen LogP contribution in [-0.4, -0.2) is 21.5 Å². The molecule has 2 aromatic heterocycles. The molecular weight excluding hydrogens is 334 g/mol. The lowest BCUT2D eigenvalue weighted by Gasteiger charge is -2.13. The maximum atomic E-state index is 12.7. The Hall–Kier alpha value is -2.47. The zero-order valence-electron chi connectivity index (χ0n) is 14.4. The number of rotatable bonds is 6. The Balaban J connectivity index is 1.85. The maximum Gasteiger partial charge on any atom is 0.262 e. The van der Waals surface area contributed by atoms with E-state index in [1.165, 1.54) is 22.2 Å². The van der Waals surface area contributed by atoms with Crippen LogP contribution in [0, 0.1) is 0 Å². The van der Waals surface area contributed by atoms with E-state index >= 15 is 0 Å². The van der Waals surface area contributed by atoms with Gasteiger partial charge in [-0.2, -0.15) is 0 Å². The molecule has 0 saturated heterocycles. The molecule has 1 aromatic carbocycles. The number of fused-ring (bicyclic) bond motifs is 1. The minimum Gasteiger partial charge on any atom is -0.352 e. The smallest absolute Gasteiger partial charge is 0.262 e. The highest BCUT2D eigenvalue weighted by Crippen LogP contribution is 2.30. The first-order chi connectivity index (χ1) is 12.1. The molecule has 2 heterocycles. The van der Waals surface area contributed by atoms with Crippen molar-refractivity contribution in [1.29, 1.82) is 0 Å². The van der Waals surface area contributed by atoms with Crippen molar-refractivity contribution in [2.75, 3.05) is 0 Å². The molecule has 0 unspecified atom stereocenters. The van der Waals surface area contributed by atoms with Gasteiger partial charge in [0.1, 0.15) is 11.4 Å². The third-order valence-electron chi connectivity index (χ3n) is 4.02. The van der Waals surface area contributed by atoms with Crippen LogP contribution in [0.25, 0.3) is 20.7 Å². The molecule has 3 aromatic rings. The average Bonchev–Trinajstić information content (AvgIpc) is 3.03. The fourth-order valence-electron chi connectivity index (χ4n) is 2.80. The second kappa shape index (κ2) is 7.61. The van der Waals surface area contributed by atoms with Gasteiger partial charge in [0, 0.05) is 10.9 Å². The Kier molecular flexibility index (Phi) is 5.28. The standard InChI is InChI=1S/C19H21N3O2S/c1-3-7-13(2)21-17(23)11-22-12-20-18-15(19(22)24)10-16(25-18)14-8-5-4-6-9-14/h4-6,8-10,12-13H,3,7,11H2,1-2H3,(H,21,23)/t13-/m1/s1. The number of nitrogens with zero attached hydrogens (tertiary/aromatic N) is 2. The fraction of sp³-hybridized carbons (Fsp3) is 0.316. The van der Waals surface area contributed by atoms with E-state index in [9.17, 15) is 9.59 Å². The molecule has 0 bridgehead atoms. The zero-order chi connectivity index (χ0) is 17.8. The molecule has 130 valence electrons.